The maximum atomic E-state index is 12.0. The zero-order valence-electron chi connectivity index (χ0n) is 13.2. The van der Waals surface area contributed by atoms with Gasteiger partial charge in [0.2, 0.25) is 5.91 Å². The average molecular weight is 345 g/mol. The van der Waals surface area contributed by atoms with E-state index in [0.29, 0.717) is 12.2 Å². The molecule has 0 unspecified atom stereocenters. The number of amides is 1. The molecule has 1 fully saturated rings. The Labute approximate surface area is 144 Å². The van der Waals surface area contributed by atoms with E-state index in [1.807, 2.05) is 24.3 Å². The minimum absolute atomic E-state index is 0.00245. The SMILES string of the molecule is O=C(O)Cc1csc(-c2ccc(NC(=O)CN3CCCC3)cc2)n1. The lowest BCUT2D eigenvalue weighted by atomic mass is 10.2. The van der Waals surface area contributed by atoms with E-state index in [4.69, 9.17) is 5.11 Å². The smallest absolute Gasteiger partial charge is 0.309 e. The van der Waals surface area contributed by atoms with Crippen molar-refractivity contribution in [2.45, 2.75) is 19.3 Å². The first-order valence-electron chi connectivity index (χ1n) is 7.89. The molecule has 1 saturated heterocycles. The van der Waals surface area contributed by atoms with E-state index in [2.05, 4.69) is 15.2 Å². The first kappa shape index (κ1) is 16.6. The Bertz CT molecular complexity index is 721. The molecule has 1 aromatic carbocycles. The average Bonchev–Trinajstić information content (AvgIpc) is 3.19. The van der Waals surface area contributed by atoms with Crippen molar-refractivity contribution in [2.75, 3.05) is 25.0 Å². The number of aliphatic carboxylic acids is 1. The Morgan fingerprint density at radius 1 is 1.21 bits per heavy atom. The predicted molar refractivity (Wildman–Crippen MR) is 93.2 cm³/mol. The summed E-state index contributed by atoms with van der Waals surface area (Å²) >= 11 is 1.42. The quantitative estimate of drug-likeness (QED) is 0.840. The van der Waals surface area contributed by atoms with Crippen LogP contribution in [0.15, 0.2) is 29.6 Å². The molecule has 0 bridgehead atoms. The number of thiazole rings is 1. The van der Waals surface area contributed by atoms with Crippen molar-refractivity contribution in [2.24, 2.45) is 0 Å². The molecule has 0 spiro atoms. The van der Waals surface area contributed by atoms with E-state index in [1.54, 1.807) is 5.38 Å². The highest BCUT2D eigenvalue weighted by atomic mass is 32.1. The summed E-state index contributed by atoms with van der Waals surface area (Å²) in [4.78, 5) is 29.2. The normalized spacial score (nSPS) is 14.7. The predicted octanol–water partition coefficient (Wildman–Crippen LogP) is 2.47. The highest BCUT2D eigenvalue weighted by Crippen LogP contribution is 2.25. The molecule has 3 rings (SSSR count). The maximum Gasteiger partial charge on any atom is 0.309 e. The number of hydrogen-bond donors (Lipinski definition) is 2. The minimum Gasteiger partial charge on any atom is -0.481 e. The van der Waals surface area contributed by atoms with Crippen LogP contribution in [0, 0.1) is 0 Å². The van der Waals surface area contributed by atoms with Gasteiger partial charge in [0.15, 0.2) is 0 Å². The molecule has 0 aliphatic carbocycles. The third kappa shape index (κ3) is 4.39. The van der Waals surface area contributed by atoms with Crippen molar-refractivity contribution < 1.29 is 14.7 Å². The van der Waals surface area contributed by atoms with Gasteiger partial charge in [-0.15, -0.1) is 11.3 Å². The summed E-state index contributed by atoms with van der Waals surface area (Å²) in [6, 6.07) is 7.45. The van der Waals surface area contributed by atoms with Gasteiger partial charge < -0.3 is 10.4 Å². The number of carboxylic acid groups (broad SMARTS) is 1. The van der Waals surface area contributed by atoms with Gasteiger partial charge in [0.05, 0.1) is 18.7 Å². The van der Waals surface area contributed by atoms with Crippen LogP contribution in [0.25, 0.3) is 10.6 Å². The summed E-state index contributed by atoms with van der Waals surface area (Å²) in [5.41, 5.74) is 2.23. The van der Waals surface area contributed by atoms with Crippen LogP contribution in [-0.4, -0.2) is 46.5 Å². The maximum absolute atomic E-state index is 12.0. The van der Waals surface area contributed by atoms with Gasteiger partial charge in [0.1, 0.15) is 5.01 Å². The van der Waals surface area contributed by atoms with Crippen LogP contribution in [-0.2, 0) is 16.0 Å². The third-order valence-electron chi connectivity index (χ3n) is 3.87. The molecule has 7 heteroatoms. The summed E-state index contributed by atoms with van der Waals surface area (Å²) in [5, 5.41) is 14.2. The molecule has 1 aliphatic rings. The number of likely N-dealkylation sites (tertiary alicyclic amines) is 1. The van der Waals surface area contributed by atoms with Crippen LogP contribution in [0.1, 0.15) is 18.5 Å². The van der Waals surface area contributed by atoms with E-state index in [0.717, 1.165) is 29.3 Å². The van der Waals surface area contributed by atoms with Crippen molar-refractivity contribution in [3.05, 3.63) is 35.3 Å². The number of hydrogen-bond acceptors (Lipinski definition) is 5. The Morgan fingerprint density at radius 2 is 1.92 bits per heavy atom. The third-order valence-corrected chi connectivity index (χ3v) is 4.81. The number of nitrogens with one attached hydrogen (secondary N) is 1. The monoisotopic (exact) mass is 345 g/mol. The summed E-state index contributed by atoms with van der Waals surface area (Å²) in [7, 11) is 0. The number of nitrogens with zero attached hydrogens (tertiary/aromatic N) is 2. The lowest BCUT2D eigenvalue weighted by molar-refractivity contribution is -0.136. The second kappa shape index (κ2) is 7.55. The molecule has 0 atom stereocenters. The molecule has 126 valence electrons. The van der Waals surface area contributed by atoms with Crippen LogP contribution in [0.5, 0.6) is 0 Å². The van der Waals surface area contributed by atoms with E-state index < -0.39 is 5.97 Å². The largest absolute Gasteiger partial charge is 0.481 e. The van der Waals surface area contributed by atoms with Crippen molar-refractivity contribution in [3.8, 4) is 10.6 Å². The number of benzene rings is 1. The molecule has 1 amide bonds. The Morgan fingerprint density at radius 3 is 2.58 bits per heavy atom. The fraction of sp³-hybridized carbons (Fsp3) is 0.353. The standard InChI is InChI=1S/C17H19N3O3S/c21-15(10-20-7-1-2-8-20)18-13-5-3-12(4-6-13)17-19-14(11-24-17)9-16(22)23/h3-6,11H,1-2,7-10H2,(H,18,21)(H,22,23). The van der Waals surface area contributed by atoms with E-state index >= 15 is 0 Å². The van der Waals surface area contributed by atoms with E-state index in [-0.39, 0.29) is 12.3 Å². The Kier molecular flexibility index (Phi) is 5.22. The molecule has 2 heterocycles. The molecule has 0 radical (unpaired) electrons. The van der Waals surface area contributed by atoms with Gasteiger partial charge in [-0.25, -0.2) is 4.98 Å². The van der Waals surface area contributed by atoms with Crippen LogP contribution in [0.2, 0.25) is 0 Å². The van der Waals surface area contributed by atoms with Crippen LogP contribution >= 0.6 is 11.3 Å². The number of anilines is 1. The summed E-state index contributed by atoms with van der Waals surface area (Å²) < 4.78 is 0. The fourth-order valence-corrected chi connectivity index (χ4v) is 3.54. The number of carbonyl (C=O) groups is 2. The molecule has 0 saturated carbocycles. The van der Waals surface area contributed by atoms with Gasteiger partial charge in [0.25, 0.3) is 0 Å². The van der Waals surface area contributed by atoms with Crippen molar-refractivity contribution in [1.29, 1.82) is 0 Å². The molecular formula is C17H19N3O3S. The second-order valence-electron chi connectivity index (χ2n) is 5.82. The molecule has 1 aromatic heterocycles. The van der Waals surface area contributed by atoms with Gasteiger partial charge >= 0.3 is 5.97 Å². The summed E-state index contributed by atoms with van der Waals surface area (Å²) in [6.45, 7) is 2.43. The molecule has 6 nitrogen and oxygen atoms in total. The zero-order chi connectivity index (χ0) is 16.9. The topological polar surface area (TPSA) is 82.5 Å². The van der Waals surface area contributed by atoms with E-state index in [9.17, 15) is 9.59 Å². The van der Waals surface area contributed by atoms with Crippen molar-refractivity contribution in [3.63, 3.8) is 0 Å². The minimum atomic E-state index is -0.886. The van der Waals surface area contributed by atoms with Gasteiger partial charge in [-0.3, -0.25) is 14.5 Å². The molecule has 1 aliphatic heterocycles. The van der Waals surface area contributed by atoms with Crippen LogP contribution < -0.4 is 5.32 Å². The molecule has 2 aromatic rings. The van der Waals surface area contributed by atoms with Crippen LogP contribution in [0.4, 0.5) is 5.69 Å². The lowest BCUT2D eigenvalue weighted by Gasteiger charge is -2.14. The van der Waals surface area contributed by atoms with Crippen molar-refractivity contribution in [1.82, 2.24) is 9.88 Å². The van der Waals surface area contributed by atoms with Gasteiger partial charge in [-0.05, 0) is 50.2 Å². The number of aromatic nitrogens is 1. The highest BCUT2D eigenvalue weighted by Gasteiger charge is 2.15. The number of carboxylic acids is 1. The molecule has 24 heavy (non-hydrogen) atoms. The first-order chi connectivity index (χ1) is 11.6. The fourth-order valence-electron chi connectivity index (χ4n) is 2.72. The van der Waals surface area contributed by atoms with Gasteiger partial charge in [-0.1, -0.05) is 0 Å². The summed E-state index contributed by atoms with van der Waals surface area (Å²) in [5.74, 6) is -0.884. The van der Waals surface area contributed by atoms with Gasteiger partial charge in [-0.2, -0.15) is 0 Å². The highest BCUT2D eigenvalue weighted by molar-refractivity contribution is 7.13. The number of carbonyl (C=O) groups excluding carboxylic acids is 1. The zero-order valence-corrected chi connectivity index (χ0v) is 14.0. The number of rotatable bonds is 6. The lowest BCUT2D eigenvalue weighted by Crippen LogP contribution is -2.30. The van der Waals surface area contributed by atoms with Gasteiger partial charge in [0, 0.05) is 16.6 Å². The molecular weight excluding hydrogens is 326 g/mol. The van der Waals surface area contributed by atoms with Crippen LogP contribution in [0.3, 0.4) is 0 Å². The Hall–Kier alpha value is -2.25. The second-order valence-corrected chi connectivity index (χ2v) is 6.68. The Balaban J connectivity index is 1.59. The van der Waals surface area contributed by atoms with Crippen molar-refractivity contribution >= 4 is 28.9 Å². The first-order valence-corrected chi connectivity index (χ1v) is 8.77. The van der Waals surface area contributed by atoms with E-state index in [1.165, 1.54) is 24.2 Å². The molecule has 2 N–H and O–H groups in total. The summed E-state index contributed by atoms with van der Waals surface area (Å²) in [6.07, 6.45) is 2.26.